The average Bonchev–Trinajstić information content (AvgIpc) is 3.67. The molecule has 2 aliphatic heterocycles. The van der Waals surface area contributed by atoms with Crippen LogP contribution >= 0.6 is 0 Å². The van der Waals surface area contributed by atoms with E-state index in [4.69, 9.17) is 9.97 Å². The van der Waals surface area contributed by atoms with Gasteiger partial charge in [0.15, 0.2) is 0 Å². The summed E-state index contributed by atoms with van der Waals surface area (Å²) in [5, 5.41) is 0. The van der Waals surface area contributed by atoms with Crippen molar-refractivity contribution < 1.29 is 19.5 Å². The summed E-state index contributed by atoms with van der Waals surface area (Å²) in [4.78, 5) is 18.2. The Balaban J connectivity index is 0.00000387. The van der Waals surface area contributed by atoms with Crippen LogP contribution in [-0.4, -0.2) is 19.9 Å². The molecule has 4 nitrogen and oxygen atoms in total. The fraction of sp³-hybridized carbons (Fsp3) is 0.444. The number of nitrogens with one attached hydrogen (secondary N) is 2. The molecule has 0 aromatic carbocycles. The van der Waals surface area contributed by atoms with Crippen molar-refractivity contribution in [2.24, 2.45) is 0 Å². The maximum atomic E-state index is 5.29. The van der Waals surface area contributed by atoms with E-state index < -0.39 is 0 Å². The molecule has 0 atom stereocenters. The molecule has 0 aliphatic carbocycles. The van der Waals surface area contributed by atoms with Crippen molar-refractivity contribution in [3.63, 3.8) is 0 Å². The molecule has 5 rings (SSSR count). The second-order valence-electron chi connectivity index (χ2n) is 10.9. The molecule has 3 aromatic heterocycles. The molecule has 0 unspecified atom stereocenters. The molecular formula is C36H46N4Ru+2. The number of rotatable bonds is 8. The summed E-state index contributed by atoms with van der Waals surface area (Å²) in [6, 6.07) is 9.24. The Labute approximate surface area is 259 Å². The van der Waals surface area contributed by atoms with Crippen LogP contribution < -0.4 is 0 Å². The van der Waals surface area contributed by atoms with Crippen LogP contribution in [0.5, 0.6) is 0 Å². The zero-order chi connectivity index (χ0) is 28.6. The van der Waals surface area contributed by atoms with E-state index in [0.717, 1.165) is 74.1 Å². The third-order valence-corrected chi connectivity index (χ3v) is 8.97. The molecule has 2 aliphatic rings. The third-order valence-electron chi connectivity index (χ3n) is 8.97. The van der Waals surface area contributed by atoms with E-state index in [-0.39, 0.29) is 19.5 Å². The van der Waals surface area contributed by atoms with Crippen LogP contribution in [-0.2, 0) is 45.2 Å². The minimum Gasteiger partial charge on any atom is -0.355 e. The van der Waals surface area contributed by atoms with Gasteiger partial charge in [-0.1, -0.05) is 55.4 Å². The number of fused-ring (bicyclic) bond motifs is 8. The molecule has 0 radical (unpaired) electrons. The van der Waals surface area contributed by atoms with E-state index in [9.17, 15) is 0 Å². The first kappa shape index (κ1) is 31.2. The Bertz CT molecular complexity index is 1440. The van der Waals surface area contributed by atoms with Crippen LogP contribution in [0.1, 0.15) is 126 Å². The predicted octanol–water partition coefficient (Wildman–Crippen LogP) is 10.0. The Kier molecular flexibility index (Phi) is 9.90. The van der Waals surface area contributed by atoms with Gasteiger partial charge in [0, 0.05) is 22.1 Å². The predicted molar refractivity (Wildman–Crippen MR) is 173 cm³/mol. The van der Waals surface area contributed by atoms with Crippen molar-refractivity contribution in [2.75, 3.05) is 0 Å². The summed E-state index contributed by atoms with van der Waals surface area (Å²) in [7, 11) is 0. The minimum absolute atomic E-state index is 0. The zero-order valence-electron chi connectivity index (χ0n) is 26.2. The van der Waals surface area contributed by atoms with Gasteiger partial charge in [0.25, 0.3) is 0 Å². The van der Waals surface area contributed by atoms with Crippen LogP contribution in [0.3, 0.4) is 0 Å². The summed E-state index contributed by atoms with van der Waals surface area (Å²) in [6.45, 7) is 18.1. The molecule has 0 fully saturated rings. The van der Waals surface area contributed by atoms with Crippen molar-refractivity contribution in [1.29, 1.82) is 0 Å². The van der Waals surface area contributed by atoms with Gasteiger partial charge in [-0.05, 0) is 120 Å². The second kappa shape index (κ2) is 13.0. The second-order valence-corrected chi connectivity index (χ2v) is 10.9. The maximum absolute atomic E-state index is 5.29. The van der Waals surface area contributed by atoms with E-state index in [0.29, 0.717) is 0 Å². The van der Waals surface area contributed by atoms with Crippen LogP contribution in [0.2, 0.25) is 0 Å². The van der Waals surface area contributed by atoms with Gasteiger partial charge in [-0.2, -0.15) is 0 Å². The number of hydrogen-bond acceptors (Lipinski definition) is 2. The number of allylic oxidation sites excluding steroid dienone is 4. The van der Waals surface area contributed by atoms with Crippen LogP contribution in [0.25, 0.3) is 44.4 Å². The van der Waals surface area contributed by atoms with Crippen molar-refractivity contribution >= 4 is 44.4 Å². The molecule has 5 heterocycles. The van der Waals surface area contributed by atoms with E-state index in [1.165, 1.54) is 66.6 Å². The number of H-pyrrole nitrogens is 2. The zero-order valence-corrected chi connectivity index (χ0v) is 28.0. The number of aromatic amines is 2. The first-order valence-electron chi connectivity index (χ1n) is 15.7. The molecule has 8 bridgehead atoms. The monoisotopic (exact) mass is 636 g/mol. The van der Waals surface area contributed by atoms with E-state index in [1.807, 2.05) is 0 Å². The average molecular weight is 636 g/mol. The largest absolute Gasteiger partial charge is 2.00 e. The molecule has 0 spiro atoms. The summed E-state index contributed by atoms with van der Waals surface area (Å²) in [6.07, 6.45) is 7.84. The number of aromatic nitrogens is 4. The topological polar surface area (TPSA) is 57.4 Å². The summed E-state index contributed by atoms with van der Waals surface area (Å²) >= 11 is 0. The van der Waals surface area contributed by atoms with Gasteiger partial charge < -0.3 is 9.97 Å². The Hall–Kier alpha value is -2.78. The molecule has 0 amide bonds. The van der Waals surface area contributed by atoms with Crippen LogP contribution in [0, 0.1) is 0 Å². The Morgan fingerprint density at radius 3 is 0.780 bits per heavy atom. The summed E-state index contributed by atoms with van der Waals surface area (Å²) in [5.74, 6) is 0. The molecule has 41 heavy (non-hydrogen) atoms. The molecule has 2 N–H and O–H groups in total. The third kappa shape index (κ3) is 5.31. The van der Waals surface area contributed by atoms with Gasteiger partial charge in [0.05, 0.1) is 22.8 Å². The van der Waals surface area contributed by atoms with Gasteiger partial charge in [-0.25, -0.2) is 9.97 Å². The number of nitrogens with zero attached hydrogens (tertiary/aromatic N) is 2. The first-order chi connectivity index (χ1) is 19.5. The molecule has 3 aromatic rings. The van der Waals surface area contributed by atoms with Gasteiger partial charge in [-0.3, -0.25) is 0 Å². The molecule has 0 saturated heterocycles. The Morgan fingerprint density at radius 2 is 0.610 bits per heavy atom. The van der Waals surface area contributed by atoms with E-state index in [2.05, 4.69) is 89.6 Å². The molecule has 5 heteroatoms. The Morgan fingerprint density at radius 1 is 0.390 bits per heavy atom. The van der Waals surface area contributed by atoms with Gasteiger partial charge in [0.1, 0.15) is 0 Å². The molecule has 0 saturated carbocycles. The smallest absolute Gasteiger partial charge is 0.355 e. The molecular weight excluding hydrogens is 589 g/mol. The quantitative estimate of drug-likeness (QED) is 0.242. The van der Waals surface area contributed by atoms with Crippen molar-refractivity contribution in [2.45, 2.75) is 107 Å². The SMILES string of the molecule is CCC1=C(CC)c2cc3[nH]c(cc4nc(cc5[nH]c(cc1n2)c(CC)c5CC)C(CC)=C4CC)c(CC)c3CC.[Ru+2]. The van der Waals surface area contributed by atoms with Crippen molar-refractivity contribution in [3.05, 3.63) is 69.3 Å². The fourth-order valence-corrected chi connectivity index (χ4v) is 7.10. The summed E-state index contributed by atoms with van der Waals surface area (Å²) in [5.41, 5.74) is 20.2. The van der Waals surface area contributed by atoms with Crippen molar-refractivity contribution in [3.8, 4) is 0 Å². The van der Waals surface area contributed by atoms with Gasteiger partial charge >= 0.3 is 19.5 Å². The standard InChI is InChI=1S/C36H46N4.Ru/c1-9-21-22(10-2)30-18-32-25(13-5)26(14-6)34(39-32)20-36-28(16-8)27(15-7)35(40-36)19-33-24(12-4)23(11-3)31(38-33)17-29(21)37-30;/h17-20,37,40H,9-16H2,1-8H3;/q;+2. The van der Waals surface area contributed by atoms with Crippen LogP contribution in [0.15, 0.2) is 24.3 Å². The number of aryl methyl sites for hydroxylation is 4. The van der Waals surface area contributed by atoms with Gasteiger partial charge in [-0.15, -0.1) is 0 Å². The molecule has 216 valence electrons. The minimum atomic E-state index is 0. The maximum Gasteiger partial charge on any atom is 2.00 e. The van der Waals surface area contributed by atoms with E-state index >= 15 is 0 Å². The first-order valence-corrected chi connectivity index (χ1v) is 15.7. The normalized spacial score (nSPS) is 13.3. The fourth-order valence-electron chi connectivity index (χ4n) is 7.10. The number of hydrogen-bond donors (Lipinski definition) is 2. The van der Waals surface area contributed by atoms with Crippen LogP contribution in [0.4, 0.5) is 0 Å². The van der Waals surface area contributed by atoms with Crippen molar-refractivity contribution in [1.82, 2.24) is 19.9 Å². The van der Waals surface area contributed by atoms with E-state index in [1.54, 1.807) is 0 Å². The summed E-state index contributed by atoms with van der Waals surface area (Å²) < 4.78 is 0. The van der Waals surface area contributed by atoms with Gasteiger partial charge in [0.2, 0.25) is 0 Å².